The van der Waals surface area contributed by atoms with Crippen molar-refractivity contribution >= 4 is 0 Å². The van der Waals surface area contributed by atoms with Gasteiger partial charge in [0.15, 0.2) is 0 Å². The van der Waals surface area contributed by atoms with Crippen molar-refractivity contribution in [3.63, 3.8) is 0 Å². The van der Waals surface area contributed by atoms with Crippen molar-refractivity contribution < 1.29 is 4.74 Å². The van der Waals surface area contributed by atoms with Gasteiger partial charge in [-0.25, -0.2) is 0 Å². The Balaban J connectivity index is 2.59. The smallest absolute Gasteiger partial charge is 0.134 e. The van der Waals surface area contributed by atoms with Crippen LogP contribution in [0, 0.1) is 6.07 Å². The molecule has 1 nitrogen and oxygen atoms in total. The molecule has 0 unspecified atom stereocenters. The van der Waals surface area contributed by atoms with Gasteiger partial charge in [-0.3, -0.25) is 0 Å². The Morgan fingerprint density at radius 3 is 3.00 bits per heavy atom. The van der Waals surface area contributed by atoms with E-state index in [2.05, 4.69) is 6.07 Å². The van der Waals surface area contributed by atoms with Gasteiger partial charge in [-0.1, -0.05) is 24.3 Å². The van der Waals surface area contributed by atoms with E-state index in [4.69, 9.17) is 4.74 Å². The SMILES string of the molecule is CC=COc1[c]cccc1. The zero-order valence-electron chi connectivity index (χ0n) is 5.87. The summed E-state index contributed by atoms with van der Waals surface area (Å²) in [5.41, 5.74) is 0. The molecule has 0 aliphatic carbocycles. The molecule has 0 aliphatic rings. The summed E-state index contributed by atoms with van der Waals surface area (Å²) in [5, 5.41) is 0. The molecule has 0 aliphatic heterocycles. The quantitative estimate of drug-likeness (QED) is 0.563. The molecule has 0 N–H and O–H groups in total. The van der Waals surface area contributed by atoms with Gasteiger partial charge in [0.2, 0.25) is 0 Å². The Kier molecular flexibility index (Phi) is 2.56. The molecule has 0 saturated heterocycles. The molecule has 0 atom stereocenters. The van der Waals surface area contributed by atoms with Gasteiger partial charge in [0.25, 0.3) is 0 Å². The van der Waals surface area contributed by atoms with Gasteiger partial charge in [0.1, 0.15) is 5.75 Å². The van der Waals surface area contributed by atoms with E-state index in [0.717, 1.165) is 5.75 Å². The molecule has 0 heterocycles. The maximum absolute atomic E-state index is 5.12. The highest BCUT2D eigenvalue weighted by molar-refractivity contribution is 5.20. The fraction of sp³-hybridized carbons (Fsp3) is 0.111. The standard InChI is InChI=1S/C9H9O/c1-2-8-10-9-6-4-3-5-7-9/h2-6,8H,1H3. The van der Waals surface area contributed by atoms with Crippen LogP contribution in [-0.4, -0.2) is 0 Å². The van der Waals surface area contributed by atoms with Crippen molar-refractivity contribution in [3.05, 3.63) is 42.7 Å². The fourth-order valence-electron chi connectivity index (χ4n) is 0.592. The molecular formula is C9H9O. The van der Waals surface area contributed by atoms with E-state index < -0.39 is 0 Å². The Hall–Kier alpha value is -1.24. The first-order valence-electron chi connectivity index (χ1n) is 3.18. The molecule has 0 amide bonds. The number of hydrogen-bond acceptors (Lipinski definition) is 1. The number of hydrogen-bond donors (Lipinski definition) is 0. The zero-order chi connectivity index (χ0) is 7.23. The topological polar surface area (TPSA) is 9.23 Å². The van der Waals surface area contributed by atoms with E-state index in [-0.39, 0.29) is 0 Å². The van der Waals surface area contributed by atoms with Crippen molar-refractivity contribution in [2.24, 2.45) is 0 Å². The third kappa shape index (κ3) is 1.94. The Labute approximate surface area is 61.0 Å². The summed E-state index contributed by atoms with van der Waals surface area (Å²) in [5.74, 6) is 0.751. The molecular weight excluding hydrogens is 124 g/mol. The summed E-state index contributed by atoms with van der Waals surface area (Å²) < 4.78 is 5.12. The average molecular weight is 133 g/mol. The van der Waals surface area contributed by atoms with Crippen LogP contribution in [0.1, 0.15) is 6.92 Å². The Bertz CT molecular complexity index is 201. The highest BCUT2D eigenvalue weighted by atomic mass is 16.5. The lowest BCUT2D eigenvalue weighted by molar-refractivity contribution is 0.479. The van der Waals surface area contributed by atoms with Crippen LogP contribution in [0.5, 0.6) is 5.75 Å². The summed E-state index contributed by atoms with van der Waals surface area (Å²) >= 11 is 0. The van der Waals surface area contributed by atoms with Crippen LogP contribution >= 0.6 is 0 Å². The van der Waals surface area contributed by atoms with Gasteiger partial charge >= 0.3 is 0 Å². The first-order chi connectivity index (χ1) is 4.93. The molecule has 1 radical (unpaired) electrons. The van der Waals surface area contributed by atoms with Gasteiger partial charge in [0.05, 0.1) is 6.26 Å². The molecule has 0 spiro atoms. The molecule has 0 saturated carbocycles. The van der Waals surface area contributed by atoms with Crippen molar-refractivity contribution in [1.82, 2.24) is 0 Å². The predicted octanol–water partition coefficient (Wildman–Crippen LogP) is 2.40. The predicted molar refractivity (Wildman–Crippen MR) is 40.7 cm³/mol. The third-order valence-corrected chi connectivity index (χ3v) is 1.01. The third-order valence-electron chi connectivity index (χ3n) is 1.01. The van der Waals surface area contributed by atoms with Crippen LogP contribution in [0.25, 0.3) is 0 Å². The van der Waals surface area contributed by atoms with Gasteiger partial charge in [-0.05, 0) is 13.0 Å². The van der Waals surface area contributed by atoms with Gasteiger partial charge in [0, 0.05) is 6.07 Å². The molecule has 1 aromatic rings. The number of para-hydroxylation sites is 1. The van der Waals surface area contributed by atoms with E-state index in [1.165, 1.54) is 0 Å². The normalized spacial score (nSPS) is 10.1. The second-order valence-electron chi connectivity index (χ2n) is 1.81. The number of rotatable bonds is 2. The van der Waals surface area contributed by atoms with E-state index >= 15 is 0 Å². The second kappa shape index (κ2) is 3.72. The largest absolute Gasteiger partial charge is 0.465 e. The lowest BCUT2D eigenvalue weighted by Crippen LogP contribution is -1.78. The first-order valence-corrected chi connectivity index (χ1v) is 3.18. The molecule has 0 fully saturated rings. The highest BCUT2D eigenvalue weighted by Crippen LogP contribution is 2.06. The van der Waals surface area contributed by atoms with E-state index in [1.807, 2.05) is 37.3 Å². The fourth-order valence-corrected chi connectivity index (χ4v) is 0.592. The zero-order valence-corrected chi connectivity index (χ0v) is 5.87. The van der Waals surface area contributed by atoms with Crippen LogP contribution in [0.15, 0.2) is 36.6 Å². The van der Waals surface area contributed by atoms with Gasteiger partial charge < -0.3 is 4.74 Å². The summed E-state index contributed by atoms with van der Waals surface area (Å²) in [6.07, 6.45) is 3.46. The average Bonchev–Trinajstić information content (AvgIpc) is 2.03. The van der Waals surface area contributed by atoms with Crippen LogP contribution in [0.4, 0.5) is 0 Å². The van der Waals surface area contributed by atoms with E-state index in [0.29, 0.717) is 0 Å². The van der Waals surface area contributed by atoms with Crippen molar-refractivity contribution in [2.75, 3.05) is 0 Å². The molecule has 0 bridgehead atoms. The monoisotopic (exact) mass is 133 g/mol. The molecule has 0 aromatic heterocycles. The maximum Gasteiger partial charge on any atom is 0.134 e. The van der Waals surface area contributed by atoms with Crippen molar-refractivity contribution in [1.29, 1.82) is 0 Å². The van der Waals surface area contributed by atoms with Crippen molar-refractivity contribution in [3.8, 4) is 5.75 Å². The number of allylic oxidation sites excluding steroid dienone is 1. The van der Waals surface area contributed by atoms with Crippen LogP contribution in [0.2, 0.25) is 0 Å². The summed E-state index contributed by atoms with van der Waals surface area (Å²) in [7, 11) is 0. The molecule has 10 heavy (non-hydrogen) atoms. The molecule has 1 aromatic carbocycles. The van der Waals surface area contributed by atoms with Gasteiger partial charge in [-0.2, -0.15) is 0 Å². The van der Waals surface area contributed by atoms with Crippen LogP contribution in [0.3, 0.4) is 0 Å². The van der Waals surface area contributed by atoms with E-state index in [9.17, 15) is 0 Å². The number of ether oxygens (including phenoxy) is 1. The minimum absolute atomic E-state index is 0.751. The second-order valence-corrected chi connectivity index (χ2v) is 1.81. The van der Waals surface area contributed by atoms with E-state index in [1.54, 1.807) is 6.26 Å². The molecule has 1 heteroatoms. The lowest BCUT2D eigenvalue weighted by Gasteiger charge is -1.95. The summed E-state index contributed by atoms with van der Waals surface area (Å²) in [6, 6.07) is 10.4. The number of benzene rings is 1. The first kappa shape index (κ1) is 6.87. The molecule has 51 valence electrons. The Morgan fingerprint density at radius 1 is 1.50 bits per heavy atom. The summed E-state index contributed by atoms with van der Waals surface area (Å²) in [6.45, 7) is 1.91. The van der Waals surface area contributed by atoms with Gasteiger partial charge in [-0.15, -0.1) is 0 Å². The van der Waals surface area contributed by atoms with Crippen LogP contribution < -0.4 is 4.74 Å². The molecule has 1 rings (SSSR count). The minimum Gasteiger partial charge on any atom is -0.465 e. The Morgan fingerprint density at radius 2 is 2.40 bits per heavy atom. The maximum atomic E-state index is 5.12. The van der Waals surface area contributed by atoms with Crippen molar-refractivity contribution in [2.45, 2.75) is 6.92 Å². The highest BCUT2D eigenvalue weighted by Gasteiger charge is 1.84. The minimum atomic E-state index is 0.751. The summed E-state index contributed by atoms with van der Waals surface area (Å²) in [4.78, 5) is 0. The lowest BCUT2D eigenvalue weighted by atomic mass is 10.3. The van der Waals surface area contributed by atoms with Crippen LogP contribution in [-0.2, 0) is 0 Å².